The molecular formula is C9H3N3S2. The van der Waals surface area contributed by atoms with E-state index in [1.54, 1.807) is 18.2 Å². The first kappa shape index (κ1) is 10.4. The van der Waals surface area contributed by atoms with Gasteiger partial charge in [-0.05, 0) is 42.6 Å². The Hall–Kier alpha value is -1.69. The van der Waals surface area contributed by atoms with E-state index < -0.39 is 0 Å². The van der Waals surface area contributed by atoms with E-state index in [-0.39, 0.29) is 0 Å². The number of hydrogen-bond donors (Lipinski definition) is 0. The lowest BCUT2D eigenvalue weighted by Gasteiger charge is -1.95. The van der Waals surface area contributed by atoms with Crippen molar-refractivity contribution in [2.24, 2.45) is 9.98 Å². The van der Waals surface area contributed by atoms with Crippen molar-refractivity contribution < 1.29 is 0 Å². The molecule has 14 heavy (non-hydrogen) atoms. The monoisotopic (exact) mass is 217 g/mol. The van der Waals surface area contributed by atoms with Crippen molar-refractivity contribution in [3.63, 3.8) is 0 Å². The van der Waals surface area contributed by atoms with E-state index in [1.165, 1.54) is 0 Å². The average molecular weight is 217 g/mol. The zero-order valence-corrected chi connectivity index (χ0v) is 8.52. The van der Waals surface area contributed by atoms with Gasteiger partial charge in [0.15, 0.2) is 0 Å². The van der Waals surface area contributed by atoms with Gasteiger partial charge in [-0.1, -0.05) is 0 Å². The second kappa shape index (κ2) is 5.13. The van der Waals surface area contributed by atoms with Crippen molar-refractivity contribution in [3.8, 4) is 6.07 Å². The van der Waals surface area contributed by atoms with Gasteiger partial charge in [0.25, 0.3) is 0 Å². The first-order chi connectivity index (χ1) is 6.81. The normalized spacial score (nSPS) is 7.93. The summed E-state index contributed by atoms with van der Waals surface area (Å²) in [6.45, 7) is 0. The fraction of sp³-hybridized carbons (Fsp3) is 0. The Bertz CT molecular complexity index is 489. The molecule has 3 nitrogen and oxygen atoms in total. The van der Waals surface area contributed by atoms with Gasteiger partial charge in [0.1, 0.15) is 6.07 Å². The predicted molar refractivity (Wildman–Crippen MR) is 60.5 cm³/mol. The van der Waals surface area contributed by atoms with E-state index in [0.717, 1.165) is 0 Å². The highest BCUT2D eigenvalue weighted by Crippen LogP contribution is 2.24. The summed E-state index contributed by atoms with van der Waals surface area (Å²) in [7, 11) is 0. The Morgan fingerprint density at radius 3 is 2.43 bits per heavy atom. The number of isothiocyanates is 2. The maximum atomic E-state index is 8.73. The van der Waals surface area contributed by atoms with Gasteiger partial charge in [-0.3, -0.25) is 0 Å². The Labute approximate surface area is 91.4 Å². The molecule has 0 N–H and O–H groups in total. The molecule has 0 heterocycles. The van der Waals surface area contributed by atoms with Crippen LogP contribution in [0.3, 0.4) is 0 Å². The standard InChI is InChI=1S/C9H3N3S2/c10-4-7-1-2-8(11-5-13)3-9(7)12-6-14/h1-3H. The summed E-state index contributed by atoms with van der Waals surface area (Å²) in [5, 5.41) is 13.2. The van der Waals surface area contributed by atoms with Gasteiger partial charge in [0, 0.05) is 0 Å². The summed E-state index contributed by atoms with van der Waals surface area (Å²) in [6.07, 6.45) is 0. The number of rotatable bonds is 2. The van der Waals surface area contributed by atoms with Crippen molar-refractivity contribution in [3.05, 3.63) is 23.8 Å². The highest BCUT2D eigenvalue weighted by atomic mass is 32.1. The minimum Gasteiger partial charge on any atom is -0.195 e. The number of aliphatic imine (C=N–C) groups is 2. The van der Waals surface area contributed by atoms with Gasteiger partial charge in [-0.2, -0.15) is 15.2 Å². The van der Waals surface area contributed by atoms with Crippen molar-refractivity contribution in [1.82, 2.24) is 0 Å². The summed E-state index contributed by atoms with van der Waals surface area (Å²) >= 11 is 8.91. The lowest BCUT2D eigenvalue weighted by Crippen LogP contribution is -1.75. The summed E-state index contributed by atoms with van der Waals surface area (Å²) in [5.74, 6) is 0. The van der Waals surface area contributed by atoms with Gasteiger partial charge in [0.2, 0.25) is 0 Å². The van der Waals surface area contributed by atoms with E-state index in [0.29, 0.717) is 16.9 Å². The fourth-order valence-corrected chi connectivity index (χ4v) is 1.08. The second-order valence-electron chi connectivity index (χ2n) is 2.22. The molecule has 0 bridgehead atoms. The molecule has 0 amide bonds. The third-order valence-corrected chi connectivity index (χ3v) is 1.63. The first-order valence-corrected chi connectivity index (χ1v) is 4.33. The molecule has 0 radical (unpaired) electrons. The number of nitriles is 1. The molecule has 0 spiro atoms. The van der Waals surface area contributed by atoms with Gasteiger partial charge in [0.05, 0.1) is 27.3 Å². The van der Waals surface area contributed by atoms with Crippen LogP contribution < -0.4 is 0 Å². The second-order valence-corrected chi connectivity index (χ2v) is 2.58. The van der Waals surface area contributed by atoms with E-state index >= 15 is 0 Å². The molecule has 1 rings (SSSR count). The van der Waals surface area contributed by atoms with Crippen LogP contribution in [0.4, 0.5) is 11.4 Å². The van der Waals surface area contributed by atoms with Crippen LogP contribution in [-0.4, -0.2) is 10.3 Å². The van der Waals surface area contributed by atoms with Crippen LogP contribution in [-0.2, 0) is 0 Å². The van der Waals surface area contributed by atoms with Crippen molar-refractivity contribution >= 4 is 46.1 Å². The SMILES string of the molecule is N#Cc1ccc(N=C=S)cc1N=C=S. The first-order valence-electron chi connectivity index (χ1n) is 3.51. The molecule has 1 aromatic rings. The largest absolute Gasteiger partial charge is 0.195 e. The highest BCUT2D eigenvalue weighted by molar-refractivity contribution is 7.78. The zero-order chi connectivity index (χ0) is 10.4. The van der Waals surface area contributed by atoms with E-state index in [2.05, 4.69) is 44.7 Å². The smallest absolute Gasteiger partial charge is 0.101 e. The Balaban J connectivity index is 3.35. The Morgan fingerprint density at radius 1 is 1.14 bits per heavy atom. The molecule has 0 aliphatic heterocycles. The quantitative estimate of drug-likeness (QED) is 0.565. The third kappa shape index (κ3) is 2.40. The minimum atomic E-state index is 0.422. The van der Waals surface area contributed by atoms with Crippen molar-refractivity contribution in [2.45, 2.75) is 0 Å². The molecule has 5 heteroatoms. The summed E-state index contributed by atoms with van der Waals surface area (Å²) in [6, 6.07) is 6.82. The van der Waals surface area contributed by atoms with E-state index in [1.807, 2.05) is 6.07 Å². The molecule has 0 atom stereocenters. The average Bonchev–Trinajstić information content (AvgIpc) is 2.19. The predicted octanol–water partition coefficient (Wildman–Crippen LogP) is 3.03. The Kier molecular flexibility index (Phi) is 3.81. The minimum absolute atomic E-state index is 0.422. The molecule has 0 saturated heterocycles. The fourth-order valence-electron chi connectivity index (χ4n) is 0.878. The molecule has 0 aliphatic rings. The van der Waals surface area contributed by atoms with Gasteiger partial charge in [-0.25, -0.2) is 0 Å². The van der Waals surface area contributed by atoms with E-state index in [9.17, 15) is 0 Å². The molecule has 0 aromatic heterocycles. The van der Waals surface area contributed by atoms with Crippen LogP contribution in [0, 0.1) is 11.3 Å². The maximum absolute atomic E-state index is 8.73. The number of hydrogen-bond acceptors (Lipinski definition) is 5. The lowest BCUT2D eigenvalue weighted by atomic mass is 10.2. The van der Waals surface area contributed by atoms with Crippen LogP contribution >= 0.6 is 24.4 Å². The number of nitrogens with zero attached hydrogens (tertiary/aromatic N) is 3. The van der Waals surface area contributed by atoms with Crippen LogP contribution in [0.2, 0.25) is 0 Å². The summed E-state index contributed by atoms with van der Waals surface area (Å²) < 4.78 is 0. The molecule has 0 unspecified atom stereocenters. The molecule has 1 aromatic carbocycles. The van der Waals surface area contributed by atoms with Gasteiger partial charge >= 0.3 is 0 Å². The third-order valence-electron chi connectivity index (χ3n) is 1.44. The summed E-state index contributed by atoms with van der Waals surface area (Å²) in [5.41, 5.74) is 1.45. The van der Waals surface area contributed by atoms with Crippen LogP contribution in [0.1, 0.15) is 5.56 Å². The molecule has 66 valence electrons. The lowest BCUT2D eigenvalue weighted by molar-refractivity contribution is 1.43. The van der Waals surface area contributed by atoms with Crippen molar-refractivity contribution in [2.75, 3.05) is 0 Å². The van der Waals surface area contributed by atoms with Crippen molar-refractivity contribution in [1.29, 1.82) is 5.26 Å². The van der Waals surface area contributed by atoms with Crippen LogP contribution in [0.5, 0.6) is 0 Å². The maximum Gasteiger partial charge on any atom is 0.101 e. The van der Waals surface area contributed by atoms with E-state index in [4.69, 9.17) is 5.26 Å². The topological polar surface area (TPSA) is 48.5 Å². The Morgan fingerprint density at radius 2 is 1.86 bits per heavy atom. The van der Waals surface area contributed by atoms with Gasteiger partial charge in [-0.15, -0.1) is 0 Å². The molecule has 0 saturated carbocycles. The zero-order valence-electron chi connectivity index (χ0n) is 6.89. The van der Waals surface area contributed by atoms with Gasteiger partial charge < -0.3 is 0 Å². The van der Waals surface area contributed by atoms with Crippen LogP contribution in [0.25, 0.3) is 0 Å². The highest BCUT2D eigenvalue weighted by Gasteiger charge is 2.00. The molecular weight excluding hydrogens is 214 g/mol. The molecule has 0 aliphatic carbocycles. The number of benzene rings is 1. The molecule has 0 fully saturated rings. The summed E-state index contributed by atoms with van der Waals surface area (Å²) in [4.78, 5) is 7.50. The van der Waals surface area contributed by atoms with Crippen LogP contribution in [0.15, 0.2) is 28.2 Å². The number of thiocarbonyl (C=S) groups is 2.